The Balaban J connectivity index is 2.00. The smallest absolute Gasteiger partial charge is 0.220 e. The van der Waals surface area contributed by atoms with E-state index in [1.54, 1.807) is 6.08 Å². The lowest BCUT2D eigenvalue weighted by molar-refractivity contribution is -0.359. The normalized spacial score (nSPS) is 32.7. The zero-order valence-corrected chi connectivity index (χ0v) is 28.2. The summed E-state index contributed by atoms with van der Waals surface area (Å²) in [6.07, 6.45) is 3.25. The minimum atomic E-state index is -1.79. The summed E-state index contributed by atoms with van der Waals surface area (Å²) in [6, 6.07) is -0.926. The molecule has 2 fully saturated rings. The lowest BCUT2D eigenvalue weighted by Gasteiger charge is -2.46. The lowest BCUT2D eigenvalue weighted by atomic mass is 9.97. The fraction of sp³-hybridized carbons (Fsp3) is 0.794. The van der Waals surface area contributed by atoms with Crippen LogP contribution in [0.1, 0.15) is 78.1 Å². The van der Waals surface area contributed by atoms with Crippen LogP contribution in [0.25, 0.3) is 0 Å². The Kier molecular flexibility index (Phi) is 20.8. The Morgan fingerprint density at radius 3 is 1.92 bits per heavy atom. The number of ether oxygens (including phenoxy) is 4. The van der Waals surface area contributed by atoms with E-state index < -0.39 is 86.8 Å². The largest absolute Gasteiger partial charge is 0.394 e. The van der Waals surface area contributed by atoms with Crippen LogP contribution in [0.4, 0.5) is 0 Å². The van der Waals surface area contributed by atoms with E-state index in [4.69, 9.17) is 18.9 Å². The number of aliphatic hydroxyl groups is 8. The number of rotatable bonds is 22. The summed E-state index contributed by atoms with van der Waals surface area (Å²) in [5.74, 6) is -0.285. The van der Waals surface area contributed by atoms with Crippen molar-refractivity contribution < 1.29 is 64.6 Å². The molecule has 0 aliphatic carbocycles. The van der Waals surface area contributed by atoms with Gasteiger partial charge >= 0.3 is 0 Å². The maximum Gasteiger partial charge on any atom is 0.220 e. The highest BCUT2D eigenvalue weighted by Gasteiger charge is 2.50. The van der Waals surface area contributed by atoms with E-state index in [0.717, 1.165) is 44.9 Å². The predicted octanol–water partition coefficient (Wildman–Crippen LogP) is 0.0822. The number of carbonyl (C=O) groups is 1. The first-order valence-corrected chi connectivity index (χ1v) is 17.2. The van der Waals surface area contributed by atoms with Gasteiger partial charge in [-0.2, -0.15) is 0 Å². The van der Waals surface area contributed by atoms with E-state index in [9.17, 15) is 45.6 Å². The molecule has 12 unspecified atom stereocenters. The summed E-state index contributed by atoms with van der Waals surface area (Å²) in [7, 11) is 0. The van der Waals surface area contributed by atoms with Crippen molar-refractivity contribution in [2.45, 2.75) is 152 Å². The molecule has 0 spiro atoms. The summed E-state index contributed by atoms with van der Waals surface area (Å²) >= 11 is 0. The van der Waals surface area contributed by atoms with Crippen molar-refractivity contribution >= 4 is 5.91 Å². The van der Waals surface area contributed by atoms with Gasteiger partial charge in [-0.15, -0.1) is 0 Å². The molecular weight excluding hydrogens is 630 g/mol. The van der Waals surface area contributed by atoms with Gasteiger partial charge in [0.15, 0.2) is 12.6 Å². The minimum absolute atomic E-state index is 0.254. The highest BCUT2D eigenvalue weighted by molar-refractivity contribution is 5.76. The van der Waals surface area contributed by atoms with E-state index in [0.29, 0.717) is 12.8 Å². The molecule has 2 saturated heterocycles. The first-order chi connectivity index (χ1) is 23.1. The van der Waals surface area contributed by atoms with Crippen LogP contribution in [0.5, 0.6) is 0 Å². The minimum Gasteiger partial charge on any atom is -0.394 e. The van der Waals surface area contributed by atoms with Crippen molar-refractivity contribution in [1.29, 1.82) is 0 Å². The number of amides is 1. The summed E-state index contributed by atoms with van der Waals surface area (Å²) in [5.41, 5.74) is 0. The highest BCUT2D eigenvalue weighted by atomic mass is 16.7. The quantitative estimate of drug-likeness (QED) is 0.0543. The molecule has 0 aromatic heterocycles. The van der Waals surface area contributed by atoms with Gasteiger partial charge in [0.05, 0.1) is 32.0 Å². The zero-order valence-electron chi connectivity index (χ0n) is 28.2. The lowest BCUT2D eigenvalue weighted by Crippen LogP contribution is -2.65. The molecule has 14 heteroatoms. The molecule has 0 bridgehead atoms. The van der Waals surface area contributed by atoms with Crippen molar-refractivity contribution in [3.63, 3.8) is 0 Å². The standard InChI is InChI=1S/C34H59NO13/c1-3-5-7-8-9-10-11-12-13-14-16-17-23(38)22(35-26(39)18-15-6-4-2)21-45-33-31(44)29(42)32(25(20-37)47-33)48-34-30(43)28(41)27(40)24(19-36)46-34/h7-8,11-12,16-17,22-25,27-34,36-38,40-44H,3-6,9-10,13-15,18-21H2,1-2H3,(H,35,39)/b8-7+,12-11+,17-16+. The van der Waals surface area contributed by atoms with Crippen molar-refractivity contribution in [3.8, 4) is 0 Å². The molecular formula is C34H59NO13. The summed E-state index contributed by atoms with van der Waals surface area (Å²) in [4.78, 5) is 12.6. The van der Waals surface area contributed by atoms with Crippen LogP contribution >= 0.6 is 0 Å². The monoisotopic (exact) mass is 689 g/mol. The van der Waals surface area contributed by atoms with Gasteiger partial charge in [-0.25, -0.2) is 0 Å². The van der Waals surface area contributed by atoms with Crippen molar-refractivity contribution in [3.05, 3.63) is 36.5 Å². The van der Waals surface area contributed by atoms with E-state index in [1.165, 1.54) is 0 Å². The van der Waals surface area contributed by atoms with Crippen LogP contribution < -0.4 is 5.32 Å². The number of unbranched alkanes of at least 4 members (excludes halogenated alkanes) is 5. The molecule has 2 aliphatic heterocycles. The maximum atomic E-state index is 12.6. The fourth-order valence-corrected chi connectivity index (χ4v) is 5.32. The maximum absolute atomic E-state index is 12.6. The third kappa shape index (κ3) is 13.8. The first kappa shape index (κ1) is 42.4. The SMILES string of the molecule is CCC/C=C/CC/C=C/CC/C=C/C(O)C(COC1OC(CO)C(OC2OC(CO)C(O)C(O)C2O)C(O)C1O)NC(=O)CCCCC. The van der Waals surface area contributed by atoms with Gasteiger partial charge in [-0.05, 0) is 38.5 Å². The van der Waals surface area contributed by atoms with Gasteiger partial charge in [0.25, 0.3) is 0 Å². The molecule has 0 aromatic carbocycles. The summed E-state index contributed by atoms with van der Waals surface area (Å²) in [6.45, 7) is 2.42. The van der Waals surface area contributed by atoms with Crippen LogP contribution in [0.15, 0.2) is 36.5 Å². The topological polar surface area (TPSA) is 228 Å². The van der Waals surface area contributed by atoms with Crippen LogP contribution in [0.2, 0.25) is 0 Å². The van der Waals surface area contributed by atoms with Crippen LogP contribution in [0.3, 0.4) is 0 Å². The van der Waals surface area contributed by atoms with Crippen LogP contribution in [-0.2, 0) is 23.7 Å². The molecule has 48 heavy (non-hydrogen) atoms. The predicted molar refractivity (Wildman–Crippen MR) is 175 cm³/mol. The Morgan fingerprint density at radius 2 is 1.31 bits per heavy atom. The van der Waals surface area contributed by atoms with Crippen molar-refractivity contribution in [2.75, 3.05) is 19.8 Å². The van der Waals surface area contributed by atoms with Crippen molar-refractivity contribution in [2.24, 2.45) is 0 Å². The molecule has 1 amide bonds. The van der Waals surface area contributed by atoms with Crippen molar-refractivity contribution in [1.82, 2.24) is 5.32 Å². The number of aliphatic hydroxyl groups excluding tert-OH is 8. The molecule has 0 radical (unpaired) electrons. The first-order valence-electron chi connectivity index (χ1n) is 17.2. The average Bonchev–Trinajstić information content (AvgIpc) is 3.08. The number of hydrogen-bond acceptors (Lipinski definition) is 13. The number of carbonyl (C=O) groups excluding carboxylic acids is 1. The van der Waals surface area contributed by atoms with Gasteiger partial charge in [-0.1, -0.05) is 69.6 Å². The van der Waals surface area contributed by atoms with Gasteiger partial charge < -0.3 is 65.1 Å². The Hall–Kier alpha value is -1.79. The third-order valence-corrected chi connectivity index (χ3v) is 8.29. The fourth-order valence-electron chi connectivity index (χ4n) is 5.32. The second-order valence-corrected chi connectivity index (χ2v) is 12.3. The molecule has 2 aliphatic rings. The van der Waals surface area contributed by atoms with E-state index in [2.05, 4.69) is 36.5 Å². The molecule has 0 saturated carbocycles. The average molecular weight is 690 g/mol. The van der Waals surface area contributed by atoms with Gasteiger partial charge in [-0.3, -0.25) is 4.79 Å². The number of allylic oxidation sites excluding steroid dienone is 5. The summed E-state index contributed by atoms with van der Waals surface area (Å²) < 4.78 is 22.3. The molecule has 2 heterocycles. The second-order valence-electron chi connectivity index (χ2n) is 12.3. The van der Waals surface area contributed by atoms with Crippen LogP contribution in [-0.4, -0.2) is 140 Å². The summed E-state index contributed by atoms with van der Waals surface area (Å²) in [5, 5.41) is 85.3. The van der Waals surface area contributed by atoms with E-state index in [1.807, 2.05) is 13.0 Å². The second kappa shape index (κ2) is 23.6. The van der Waals surface area contributed by atoms with Gasteiger partial charge in [0.2, 0.25) is 5.91 Å². The third-order valence-electron chi connectivity index (χ3n) is 8.29. The molecule has 2 rings (SSSR count). The van der Waals surface area contributed by atoms with Gasteiger partial charge in [0, 0.05) is 6.42 Å². The van der Waals surface area contributed by atoms with E-state index in [-0.39, 0.29) is 18.9 Å². The Morgan fingerprint density at radius 1 is 0.729 bits per heavy atom. The molecule has 9 N–H and O–H groups in total. The van der Waals surface area contributed by atoms with E-state index >= 15 is 0 Å². The molecule has 12 atom stereocenters. The molecule has 0 aromatic rings. The Bertz CT molecular complexity index is 961. The molecule has 278 valence electrons. The van der Waals surface area contributed by atoms with Crippen LogP contribution in [0, 0.1) is 0 Å². The van der Waals surface area contributed by atoms with Gasteiger partial charge in [0.1, 0.15) is 48.8 Å². The highest BCUT2D eigenvalue weighted by Crippen LogP contribution is 2.29. The number of nitrogens with one attached hydrogen (secondary N) is 1. The number of hydrogen-bond donors (Lipinski definition) is 9. The Labute approximate surface area is 283 Å². The molecule has 14 nitrogen and oxygen atoms in total. The zero-order chi connectivity index (χ0) is 35.5.